The quantitative estimate of drug-likeness (QED) is 0.149. The van der Waals surface area contributed by atoms with Gasteiger partial charge in [0.05, 0.1) is 33.5 Å². The number of hydrogen-bond acceptors (Lipinski definition) is 1. The Bertz CT molecular complexity index is 3920. The highest BCUT2D eigenvalue weighted by molar-refractivity contribution is 6.10. The van der Waals surface area contributed by atoms with E-state index in [1.54, 1.807) is 0 Å². The number of fused-ring (bicyclic) bond motifs is 6. The van der Waals surface area contributed by atoms with Gasteiger partial charge in [-0.25, -0.2) is 4.98 Å². The molecule has 318 valence electrons. The molecular weight excluding hydrogens is 823 g/mol. The van der Waals surface area contributed by atoms with Gasteiger partial charge < -0.3 is 9.13 Å². The van der Waals surface area contributed by atoms with E-state index < -0.39 is 0 Å². The van der Waals surface area contributed by atoms with Crippen molar-refractivity contribution in [2.45, 2.75) is 0 Å². The SMILES string of the molecule is c1ccc(-c2cccc(-c3ccc(-c4cc(-c5cccc(-c6cccc(-n7c8ccccc8c8ccccc87)c6)c5)nc(-c5cccc(-n6c7ccccc7c7ccccc76)c5)c4)cc3)c2)cc1. The molecule has 3 heterocycles. The van der Waals surface area contributed by atoms with Crippen molar-refractivity contribution in [1.82, 2.24) is 14.1 Å². The van der Waals surface area contributed by atoms with E-state index in [0.29, 0.717) is 0 Å². The maximum Gasteiger partial charge on any atom is 0.0716 e. The Morgan fingerprint density at radius 3 is 1.00 bits per heavy atom. The topological polar surface area (TPSA) is 22.8 Å². The highest BCUT2D eigenvalue weighted by Gasteiger charge is 2.16. The highest BCUT2D eigenvalue weighted by atomic mass is 15.0. The Balaban J connectivity index is 0.927. The summed E-state index contributed by atoms with van der Waals surface area (Å²) in [6, 6.07) is 94.2. The smallest absolute Gasteiger partial charge is 0.0716 e. The lowest BCUT2D eigenvalue weighted by molar-refractivity contribution is 1.18. The van der Waals surface area contributed by atoms with Gasteiger partial charge in [-0.1, -0.05) is 188 Å². The van der Waals surface area contributed by atoms with Crippen LogP contribution in [0.4, 0.5) is 0 Å². The third-order valence-electron chi connectivity index (χ3n) is 13.5. The number of pyridine rings is 1. The number of nitrogens with zero attached hydrogens (tertiary/aromatic N) is 3. The second-order valence-corrected chi connectivity index (χ2v) is 17.6. The Morgan fingerprint density at radius 2 is 0.515 bits per heavy atom. The second kappa shape index (κ2) is 16.4. The van der Waals surface area contributed by atoms with Crippen molar-refractivity contribution in [1.29, 1.82) is 0 Å². The summed E-state index contributed by atoms with van der Waals surface area (Å²) in [7, 11) is 0. The van der Waals surface area contributed by atoms with Crippen molar-refractivity contribution >= 4 is 43.6 Å². The lowest BCUT2D eigenvalue weighted by Crippen LogP contribution is -1.96. The van der Waals surface area contributed by atoms with Gasteiger partial charge in [0.2, 0.25) is 0 Å². The van der Waals surface area contributed by atoms with E-state index in [9.17, 15) is 0 Å². The van der Waals surface area contributed by atoms with Gasteiger partial charge in [-0.15, -0.1) is 0 Å². The largest absolute Gasteiger partial charge is 0.309 e. The molecule has 0 saturated heterocycles. The third kappa shape index (κ3) is 6.88. The van der Waals surface area contributed by atoms with E-state index in [1.807, 2.05) is 0 Å². The first-order valence-corrected chi connectivity index (χ1v) is 23.3. The Morgan fingerprint density at radius 1 is 0.206 bits per heavy atom. The van der Waals surface area contributed by atoms with Gasteiger partial charge in [-0.3, -0.25) is 0 Å². The van der Waals surface area contributed by atoms with Crippen LogP contribution in [0.2, 0.25) is 0 Å². The molecule has 0 N–H and O–H groups in total. The molecule has 0 atom stereocenters. The molecule has 10 aromatic carbocycles. The molecule has 0 saturated carbocycles. The van der Waals surface area contributed by atoms with Crippen molar-refractivity contribution in [3.8, 4) is 78.4 Å². The molecule has 3 aromatic heterocycles. The molecule has 3 nitrogen and oxygen atoms in total. The fourth-order valence-corrected chi connectivity index (χ4v) is 10.2. The van der Waals surface area contributed by atoms with Gasteiger partial charge in [-0.2, -0.15) is 0 Å². The van der Waals surface area contributed by atoms with E-state index in [4.69, 9.17) is 4.98 Å². The van der Waals surface area contributed by atoms with Crippen molar-refractivity contribution < 1.29 is 0 Å². The van der Waals surface area contributed by atoms with Crippen LogP contribution in [0.15, 0.2) is 261 Å². The molecule has 0 spiro atoms. The first-order chi connectivity index (χ1) is 33.7. The molecule has 0 bridgehead atoms. The zero-order valence-electron chi connectivity index (χ0n) is 37.2. The van der Waals surface area contributed by atoms with Crippen molar-refractivity contribution in [2.24, 2.45) is 0 Å². The predicted molar refractivity (Wildman–Crippen MR) is 286 cm³/mol. The first kappa shape index (κ1) is 39.3. The summed E-state index contributed by atoms with van der Waals surface area (Å²) in [6.07, 6.45) is 0. The average Bonchev–Trinajstić information content (AvgIpc) is 3.94. The molecule has 68 heavy (non-hydrogen) atoms. The molecule has 0 radical (unpaired) electrons. The number of rotatable bonds is 8. The van der Waals surface area contributed by atoms with Gasteiger partial charge in [0.15, 0.2) is 0 Å². The van der Waals surface area contributed by atoms with Crippen molar-refractivity contribution in [3.63, 3.8) is 0 Å². The summed E-state index contributed by atoms with van der Waals surface area (Å²) in [5, 5.41) is 4.99. The zero-order valence-corrected chi connectivity index (χ0v) is 37.2. The monoisotopic (exact) mass is 865 g/mol. The zero-order chi connectivity index (χ0) is 45.0. The van der Waals surface area contributed by atoms with Crippen molar-refractivity contribution in [2.75, 3.05) is 0 Å². The van der Waals surface area contributed by atoms with Crippen LogP contribution in [0.5, 0.6) is 0 Å². The Kier molecular flexibility index (Phi) is 9.50. The summed E-state index contributed by atoms with van der Waals surface area (Å²) >= 11 is 0. The normalized spacial score (nSPS) is 11.5. The number of aromatic nitrogens is 3. The summed E-state index contributed by atoms with van der Waals surface area (Å²) in [5.74, 6) is 0. The number of hydrogen-bond donors (Lipinski definition) is 0. The molecule has 0 unspecified atom stereocenters. The van der Waals surface area contributed by atoms with Gasteiger partial charge in [0, 0.05) is 44.0 Å². The lowest BCUT2D eigenvalue weighted by atomic mass is 9.95. The summed E-state index contributed by atoms with van der Waals surface area (Å²) in [6.45, 7) is 0. The minimum absolute atomic E-state index is 0.915. The molecular formula is C65H43N3. The van der Waals surface area contributed by atoms with Crippen LogP contribution < -0.4 is 0 Å². The molecule has 13 rings (SSSR count). The first-order valence-electron chi connectivity index (χ1n) is 23.3. The predicted octanol–water partition coefficient (Wildman–Crippen LogP) is 17.3. The molecule has 0 amide bonds. The van der Waals surface area contributed by atoms with Crippen LogP contribution >= 0.6 is 0 Å². The van der Waals surface area contributed by atoms with Crippen LogP contribution in [0.25, 0.3) is 122 Å². The molecule has 0 aliphatic carbocycles. The maximum atomic E-state index is 5.50. The van der Waals surface area contributed by atoms with E-state index in [-0.39, 0.29) is 0 Å². The fourth-order valence-electron chi connectivity index (χ4n) is 10.2. The highest BCUT2D eigenvalue weighted by Crippen LogP contribution is 2.38. The van der Waals surface area contributed by atoms with Gasteiger partial charge in [0.25, 0.3) is 0 Å². The van der Waals surface area contributed by atoms with E-state index in [0.717, 1.165) is 56.1 Å². The Labute approximate surface area is 395 Å². The van der Waals surface area contributed by atoms with Gasteiger partial charge in [-0.05, 0) is 117 Å². The molecule has 13 aromatic rings. The van der Waals surface area contributed by atoms with Gasteiger partial charge >= 0.3 is 0 Å². The van der Waals surface area contributed by atoms with Crippen LogP contribution in [0.1, 0.15) is 0 Å². The van der Waals surface area contributed by atoms with Crippen LogP contribution in [0, 0.1) is 0 Å². The lowest BCUT2D eigenvalue weighted by Gasteiger charge is -2.14. The Hall–Kier alpha value is -9.05. The summed E-state index contributed by atoms with van der Waals surface area (Å²) in [5.41, 5.74) is 20.2. The minimum Gasteiger partial charge on any atom is -0.309 e. The molecule has 0 aliphatic rings. The van der Waals surface area contributed by atoms with Crippen LogP contribution in [-0.2, 0) is 0 Å². The number of para-hydroxylation sites is 4. The maximum absolute atomic E-state index is 5.50. The third-order valence-corrected chi connectivity index (χ3v) is 13.5. The van der Waals surface area contributed by atoms with Crippen LogP contribution in [0.3, 0.4) is 0 Å². The van der Waals surface area contributed by atoms with Crippen molar-refractivity contribution in [3.05, 3.63) is 261 Å². The van der Waals surface area contributed by atoms with Gasteiger partial charge in [0.1, 0.15) is 0 Å². The standard InChI is InChI=1S/C65H43N3/c1-2-16-44(17-3-1)47-18-12-19-48(38-47)45-34-36-46(37-35-45)53-42-60(66-61(43-53)52-23-15-25-55(41-52)68-64-32-10-6-28-58(64)59-29-7-11-33-65(59)68)51-22-13-20-49(39-51)50-21-14-24-54(40-50)67-62-30-8-4-26-56(62)57-27-5-9-31-63(57)67/h1-43H. The molecule has 0 fully saturated rings. The molecule has 3 heteroatoms. The van der Waals surface area contributed by atoms with E-state index in [1.165, 1.54) is 65.9 Å². The van der Waals surface area contributed by atoms with Crippen LogP contribution in [-0.4, -0.2) is 14.1 Å². The molecule has 0 aliphatic heterocycles. The van der Waals surface area contributed by atoms with E-state index >= 15 is 0 Å². The number of benzene rings is 10. The summed E-state index contributed by atoms with van der Waals surface area (Å²) < 4.78 is 4.76. The summed E-state index contributed by atoms with van der Waals surface area (Å²) in [4.78, 5) is 5.50. The fraction of sp³-hybridized carbons (Fsp3) is 0. The second-order valence-electron chi connectivity index (χ2n) is 17.6. The minimum atomic E-state index is 0.915. The van der Waals surface area contributed by atoms with E-state index in [2.05, 4.69) is 270 Å². The average molecular weight is 866 g/mol.